The van der Waals surface area contributed by atoms with E-state index >= 15 is 0 Å². The van der Waals surface area contributed by atoms with Crippen LogP contribution in [0.3, 0.4) is 0 Å². The molecule has 2 heterocycles. The van der Waals surface area contributed by atoms with Crippen LogP contribution in [0.4, 0.5) is 5.82 Å². The van der Waals surface area contributed by atoms with Crippen LogP contribution < -0.4 is 5.32 Å². The topological polar surface area (TPSA) is 83.6 Å². The first-order valence-corrected chi connectivity index (χ1v) is 9.60. The van der Waals surface area contributed by atoms with E-state index in [0.717, 1.165) is 0 Å². The standard InChI is InChI=1S/C22H13Cl2N5O/c23-18-9-8-14(21-19(24)7-4-10-26-21)11-17(18)22(30)27-20-12-15(13-25)28-29(20)16-5-2-1-3-6-16/h1-12H,(H,27,30). The van der Waals surface area contributed by atoms with Crippen LogP contribution >= 0.6 is 23.2 Å². The fourth-order valence-electron chi connectivity index (χ4n) is 2.92. The Morgan fingerprint density at radius 3 is 2.53 bits per heavy atom. The molecule has 2 aromatic carbocycles. The van der Waals surface area contributed by atoms with Gasteiger partial charge in [-0.15, -0.1) is 0 Å². The molecule has 1 N–H and O–H groups in total. The summed E-state index contributed by atoms with van der Waals surface area (Å²) < 4.78 is 1.49. The Morgan fingerprint density at radius 1 is 1.00 bits per heavy atom. The molecule has 0 radical (unpaired) electrons. The lowest BCUT2D eigenvalue weighted by Crippen LogP contribution is -2.15. The highest BCUT2D eigenvalue weighted by atomic mass is 35.5. The van der Waals surface area contributed by atoms with Gasteiger partial charge >= 0.3 is 0 Å². The van der Waals surface area contributed by atoms with Crippen molar-refractivity contribution in [1.29, 1.82) is 5.26 Å². The summed E-state index contributed by atoms with van der Waals surface area (Å²) in [5.41, 5.74) is 2.33. The highest BCUT2D eigenvalue weighted by molar-refractivity contribution is 6.35. The highest BCUT2D eigenvalue weighted by Crippen LogP contribution is 2.29. The first kappa shape index (κ1) is 19.6. The maximum atomic E-state index is 13.0. The molecule has 0 atom stereocenters. The first-order chi connectivity index (χ1) is 14.6. The van der Waals surface area contributed by atoms with Crippen molar-refractivity contribution in [1.82, 2.24) is 14.8 Å². The van der Waals surface area contributed by atoms with Crippen molar-refractivity contribution < 1.29 is 4.79 Å². The fourth-order valence-corrected chi connectivity index (χ4v) is 3.35. The van der Waals surface area contributed by atoms with Gasteiger partial charge in [0.2, 0.25) is 0 Å². The van der Waals surface area contributed by atoms with Crippen LogP contribution in [0.15, 0.2) is 72.9 Å². The van der Waals surface area contributed by atoms with Crippen molar-refractivity contribution in [3.63, 3.8) is 0 Å². The van der Waals surface area contributed by atoms with E-state index in [1.165, 1.54) is 10.7 Å². The van der Waals surface area contributed by atoms with Crippen LogP contribution in [0.25, 0.3) is 16.9 Å². The number of nitriles is 1. The van der Waals surface area contributed by atoms with Gasteiger partial charge < -0.3 is 5.32 Å². The zero-order valence-electron chi connectivity index (χ0n) is 15.4. The van der Waals surface area contributed by atoms with Gasteiger partial charge in [-0.25, -0.2) is 4.68 Å². The van der Waals surface area contributed by atoms with Crippen molar-refractivity contribution >= 4 is 34.9 Å². The quantitative estimate of drug-likeness (QED) is 0.469. The van der Waals surface area contributed by atoms with E-state index in [1.807, 2.05) is 36.4 Å². The van der Waals surface area contributed by atoms with Crippen LogP contribution in [-0.4, -0.2) is 20.7 Å². The molecule has 30 heavy (non-hydrogen) atoms. The van der Waals surface area contributed by atoms with Gasteiger partial charge in [0.15, 0.2) is 5.69 Å². The molecular weight excluding hydrogens is 421 g/mol. The lowest BCUT2D eigenvalue weighted by Gasteiger charge is -2.11. The van der Waals surface area contributed by atoms with Gasteiger partial charge in [-0.3, -0.25) is 9.78 Å². The predicted octanol–water partition coefficient (Wildman–Crippen LogP) is 5.37. The molecule has 4 aromatic rings. The number of hydrogen-bond donors (Lipinski definition) is 1. The van der Waals surface area contributed by atoms with E-state index in [0.29, 0.717) is 27.8 Å². The Labute approximate surface area is 182 Å². The normalized spacial score (nSPS) is 10.4. The van der Waals surface area contributed by atoms with Crippen molar-refractivity contribution in [2.24, 2.45) is 0 Å². The van der Waals surface area contributed by atoms with E-state index in [1.54, 1.807) is 36.5 Å². The molecule has 6 nitrogen and oxygen atoms in total. The van der Waals surface area contributed by atoms with Gasteiger partial charge in [0, 0.05) is 17.8 Å². The summed E-state index contributed by atoms with van der Waals surface area (Å²) in [4.78, 5) is 17.3. The summed E-state index contributed by atoms with van der Waals surface area (Å²) in [5.74, 6) is -0.101. The zero-order valence-corrected chi connectivity index (χ0v) is 16.9. The summed E-state index contributed by atoms with van der Waals surface area (Å²) in [6.07, 6.45) is 1.62. The lowest BCUT2D eigenvalue weighted by molar-refractivity contribution is 0.102. The van der Waals surface area contributed by atoms with Crippen LogP contribution in [0.1, 0.15) is 16.1 Å². The molecule has 0 saturated heterocycles. The molecule has 2 aromatic heterocycles. The third-order valence-corrected chi connectivity index (χ3v) is 4.94. The smallest absolute Gasteiger partial charge is 0.258 e. The number of nitrogens with zero attached hydrogens (tertiary/aromatic N) is 4. The average molecular weight is 434 g/mol. The Balaban J connectivity index is 1.70. The molecule has 4 rings (SSSR count). The number of para-hydroxylation sites is 1. The Morgan fingerprint density at radius 2 is 1.80 bits per heavy atom. The summed E-state index contributed by atoms with van der Waals surface area (Å²) >= 11 is 12.5. The molecule has 0 saturated carbocycles. The predicted molar refractivity (Wildman–Crippen MR) is 116 cm³/mol. The largest absolute Gasteiger partial charge is 0.306 e. The zero-order chi connectivity index (χ0) is 21.1. The Hall–Kier alpha value is -3.66. The van der Waals surface area contributed by atoms with Gasteiger partial charge in [0.05, 0.1) is 27.0 Å². The van der Waals surface area contributed by atoms with Gasteiger partial charge in [-0.1, -0.05) is 47.5 Å². The molecule has 0 spiro atoms. The number of carbonyl (C=O) groups is 1. The van der Waals surface area contributed by atoms with E-state index in [4.69, 9.17) is 23.2 Å². The van der Waals surface area contributed by atoms with Gasteiger partial charge in [-0.05, 0) is 36.4 Å². The van der Waals surface area contributed by atoms with Crippen molar-refractivity contribution in [3.8, 4) is 23.0 Å². The second kappa shape index (κ2) is 8.37. The van der Waals surface area contributed by atoms with Crippen molar-refractivity contribution in [2.75, 3.05) is 5.32 Å². The number of hydrogen-bond acceptors (Lipinski definition) is 4. The number of nitrogens with one attached hydrogen (secondary N) is 1. The van der Waals surface area contributed by atoms with Crippen LogP contribution in [0.5, 0.6) is 0 Å². The van der Waals surface area contributed by atoms with Gasteiger partial charge in [0.1, 0.15) is 11.9 Å². The number of benzene rings is 2. The summed E-state index contributed by atoms with van der Waals surface area (Å²) in [7, 11) is 0. The molecule has 0 unspecified atom stereocenters. The molecule has 0 fully saturated rings. The second-order valence-electron chi connectivity index (χ2n) is 6.26. The lowest BCUT2D eigenvalue weighted by atomic mass is 10.1. The highest BCUT2D eigenvalue weighted by Gasteiger charge is 2.17. The van der Waals surface area contributed by atoms with E-state index < -0.39 is 5.91 Å². The molecule has 0 bridgehead atoms. The maximum Gasteiger partial charge on any atom is 0.258 e. The van der Waals surface area contributed by atoms with Crippen molar-refractivity contribution in [3.05, 3.63) is 94.2 Å². The first-order valence-electron chi connectivity index (χ1n) is 8.84. The maximum absolute atomic E-state index is 13.0. The van der Waals surface area contributed by atoms with Gasteiger partial charge in [-0.2, -0.15) is 10.4 Å². The molecule has 1 amide bonds. The molecule has 0 aliphatic rings. The third-order valence-electron chi connectivity index (χ3n) is 4.31. The molecule has 146 valence electrons. The van der Waals surface area contributed by atoms with Crippen molar-refractivity contribution in [2.45, 2.75) is 0 Å². The van der Waals surface area contributed by atoms with E-state index in [2.05, 4.69) is 15.4 Å². The monoisotopic (exact) mass is 433 g/mol. The summed E-state index contributed by atoms with van der Waals surface area (Å²) in [6.45, 7) is 0. The van der Waals surface area contributed by atoms with Crippen LogP contribution in [0.2, 0.25) is 10.0 Å². The number of carbonyl (C=O) groups excluding carboxylic acids is 1. The Kier molecular flexibility index (Phi) is 5.48. The van der Waals surface area contributed by atoms with Gasteiger partial charge in [0.25, 0.3) is 5.91 Å². The molecule has 0 aliphatic carbocycles. The number of halogens is 2. The number of pyridine rings is 1. The minimum absolute atomic E-state index is 0.175. The number of amides is 1. The van der Waals surface area contributed by atoms with Crippen LogP contribution in [-0.2, 0) is 0 Å². The SMILES string of the molecule is N#Cc1cc(NC(=O)c2cc(-c3ncccc3Cl)ccc2Cl)n(-c2ccccc2)n1. The number of rotatable bonds is 4. The number of anilines is 1. The molecule has 0 aliphatic heterocycles. The van der Waals surface area contributed by atoms with Crippen LogP contribution in [0, 0.1) is 11.3 Å². The summed E-state index contributed by atoms with van der Waals surface area (Å²) in [5, 5.41) is 17.0. The molecule has 8 heteroatoms. The minimum atomic E-state index is -0.449. The second-order valence-corrected chi connectivity index (χ2v) is 7.07. The number of aromatic nitrogens is 3. The summed E-state index contributed by atoms with van der Waals surface area (Å²) in [6, 6.07) is 21.1. The van der Waals surface area contributed by atoms with E-state index in [-0.39, 0.29) is 16.3 Å². The minimum Gasteiger partial charge on any atom is -0.306 e. The molecular formula is C22H13Cl2N5O. The fraction of sp³-hybridized carbons (Fsp3) is 0. The third kappa shape index (κ3) is 3.90. The Bertz CT molecular complexity index is 1280. The van der Waals surface area contributed by atoms with E-state index in [9.17, 15) is 10.1 Å². The average Bonchev–Trinajstić information content (AvgIpc) is 3.18.